The number of hydrogen-bond donors (Lipinski definition) is 0. The van der Waals surface area contributed by atoms with Gasteiger partial charge in [-0.3, -0.25) is 10.1 Å². The Labute approximate surface area is 88.4 Å². The van der Waals surface area contributed by atoms with Crippen LogP contribution >= 0.6 is 0 Å². The minimum Gasteiger partial charge on any atom is -0.258 e. The highest BCUT2D eigenvalue weighted by atomic mass is 16.6. The minimum absolute atomic E-state index is 0.0948. The van der Waals surface area contributed by atoms with E-state index in [1.807, 2.05) is 21.1 Å². The van der Waals surface area contributed by atoms with Crippen molar-refractivity contribution in [2.75, 3.05) is 21.1 Å². The predicted molar refractivity (Wildman–Crippen MR) is 58.7 cm³/mol. The lowest BCUT2D eigenvalue weighted by Gasteiger charge is -2.14. The average Bonchev–Trinajstić information content (AvgIpc) is 2.14. The molecule has 0 spiro atoms. The molecule has 0 N–H and O–H groups in total. The molecule has 0 aliphatic rings. The zero-order valence-electron chi connectivity index (χ0n) is 9.04. The summed E-state index contributed by atoms with van der Waals surface area (Å²) in [5, 5.41) is 14.6. The third-order valence-corrected chi connectivity index (χ3v) is 1.66. The Morgan fingerprint density at radius 2 is 1.80 bits per heavy atom. The number of benzene rings is 1. The van der Waals surface area contributed by atoms with E-state index >= 15 is 0 Å². The molecule has 0 aliphatic heterocycles. The summed E-state index contributed by atoms with van der Waals surface area (Å²) in [6, 6.07) is 6.29. The van der Waals surface area contributed by atoms with Crippen molar-refractivity contribution in [3.63, 3.8) is 0 Å². The van der Waals surface area contributed by atoms with Gasteiger partial charge in [-0.25, -0.2) is 4.59 Å². The highest BCUT2D eigenvalue weighted by Crippen LogP contribution is 2.10. The van der Waals surface area contributed by atoms with Crippen molar-refractivity contribution in [2.45, 2.75) is 0 Å². The quantitative estimate of drug-likeness (QED) is 0.328. The molecule has 0 heterocycles. The third-order valence-electron chi connectivity index (χ3n) is 1.66. The molecular weight excluding hydrogens is 194 g/mol. The van der Waals surface area contributed by atoms with E-state index in [1.165, 1.54) is 12.1 Å². The summed E-state index contributed by atoms with van der Waals surface area (Å²) in [4.78, 5) is 9.98. The number of rotatable bonds is 3. The molecule has 0 saturated carbocycles. The van der Waals surface area contributed by atoms with Crippen LogP contribution in [0, 0.1) is 10.1 Å². The van der Waals surface area contributed by atoms with Crippen LogP contribution in [-0.2, 0) is 0 Å². The average molecular weight is 208 g/mol. The van der Waals surface area contributed by atoms with Crippen molar-refractivity contribution in [1.82, 2.24) is 0 Å². The Bertz CT molecular complexity index is 377. The summed E-state index contributed by atoms with van der Waals surface area (Å²) >= 11 is 0. The van der Waals surface area contributed by atoms with E-state index in [-0.39, 0.29) is 5.69 Å². The Hall–Kier alpha value is -1.75. The van der Waals surface area contributed by atoms with Gasteiger partial charge in [0.05, 0.1) is 32.3 Å². The molecule has 0 saturated heterocycles. The number of nitro benzene ring substituents is 1. The van der Waals surface area contributed by atoms with Crippen LogP contribution in [0.2, 0.25) is 0 Å². The first kappa shape index (κ1) is 11.3. The molecule has 0 bridgehead atoms. The lowest BCUT2D eigenvalue weighted by atomic mass is 10.2. The van der Waals surface area contributed by atoms with E-state index in [2.05, 4.69) is 5.10 Å². The smallest absolute Gasteiger partial charge is 0.258 e. The van der Waals surface area contributed by atoms with Crippen LogP contribution in [0.15, 0.2) is 29.4 Å². The van der Waals surface area contributed by atoms with Gasteiger partial charge in [0.2, 0.25) is 0 Å². The molecule has 5 heteroatoms. The van der Waals surface area contributed by atoms with Crippen LogP contribution in [0.4, 0.5) is 5.69 Å². The molecule has 0 fully saturated rings. The molecule has 0 atom stereocenters. The van der Waals surface area contributed by atoms with Gasteiger partial charge in [-0.2, -0.15) is 0 Å². The highest BCUT2D eigenvalue weighted by molar-refractivity contribution is 5.79. The van der Waals surface area contributed by atoms with E-state index in [9.17, 15) is 10.1 Å². The molecule has 0 amide bonds. The topological polar surface area (TPSA) is 55.5 Å². The SMILES string of the molecule is C[N+](C)(C)/N=C/c1ccc([N+](=O)[O-])cc1. The van der Waals surface area contributed by atoms with Crippen LogP contribution in [0.25, 0.3) is 0 Å². The molecule has 1 aromatic carbocycles. The fourth-order valence-corrected chi connectivity index (χ4v) is 0.922. The first-order chi connectivity index (χ1) is 6.88. The van der Waals surface area contributed by atoms with Gasteiger partial charge in [0.25, 0.3) is 5.69 Å². The molecule has 0 aliphatic carbocycles. The molecule has 80 valence electrons. The maximum absolute atomic E-state index is 10.4. The van der Waals surface area contributed by atoms with Gasteiger partial charge < -0.3 is 0 Å². The molecule has 15 heavy (non-hydrogen) atoms. The zero-order chi connectivity index (χ0) is 11.5. The highest BCUT2D eigenvalue weighted by Gasteiger charge is 2.04. The number of nitrogens with zero attached hydrogens (tertiary/aromatic N) is 3. The second kappa shape index (κ2) is 4.18. The van der Waals surface area contributed by atoms with Crippen LogP contribution in [-0.4, -0.2) is 36.9 Å². The molecule has 0 unspecified atom stereocenters. The second-order valence-corrected chi connectivity index (χ2v) is 4.03. The normalized spacial score (nSPS) is 11.9. The largest absolute Gasteiger partial charge is 0.269 e. The molecular formula is C10H14N3O2+. The third kappa shape index (κ3) is 3.86. The lowest BCUT2D eigenvalue weighted by molar-refractivity contribution is -0.876. The van der Waals surface area contributed by atoms with Crippen LogP contribution in [0.3, 0.4) is 0 Å². The van der Waals surface area contributed by atoms with Gasteiger partial charge in [-0.1, -0.05) is 5.10 Å². The Kier molecular flexibility index (Phi) is 3.16. The maximum atomic E-state index is 10.4. The van der Waals surface area contributed by atoms with Crippen LogP contribution < -0.4 is 0 Å². The van der Waals surface area contributed by atoms with Crippen LogP contribution in [0.5, 0.6) is 0 Å². The minimum atomic E-state index is -0.416. The van der Waals surface area contributed by atoms with Gasteiger partial charge in [-0.05, 0) is 17.7 Å². The summed E-state index contributed by atoms with van der Waals surface area (Å²) in [6.07, 6.45) is 1.70. The molecule has 0 radical (unpaired) electrons. The van der Waals surface area contributed by atoms with Gasteiger partial charge in [0, 0.05) is 12.1 Å². The van der Waals surface area contributed by atoms with Crippen molar-refractivity contribution >= 4 is 11.9 Å². The summed E-state index contributed by atoms with van der Waals surface area (Å²) in [5.74, 6) is 0. The Morgan fingerprint density at radius 3 is 2.20 bits per heavy atom. The van der Waals surface area contributed by atoms with E-state index in [1.54, 1.807) is 18.3 Å². The van der Waals surface area contributed by atoms with Crippen LogP contribution in [0.1, 0.15) is 5.56 Å². The summed E-state index contributed by atoms with van der Waals surface area (Å²) in [6.45, 7) is 0. The predicted octanol–water partition coefficient (Wildman–Crippen LogP) is 1.63. The molecule has 0 aromatic heterocycles. The van der Waals surface area contributed by atoms with E-state index in [4.69, 9.17) is 0 Å². The van der Waals surface area contributed by atoms with Crippen molar-refractivity contribution in [1.29, 1.82) is 0 Å². The van der Waals surface area contributed by atoms with Gasteiger partial charge in [0.1, 0.15) is 0 Å². The number of nitro groups is 1. The van der Waals surface area contributed by atoms with Gasteiger partial charge >= 0.3 is 0 Å². The van der Waals surface area contributed by atoms with E-state index in [0.717, 1.165) is 5.56 Å². The monoisotopic (exact) mass is 208 g/mol. The van der Waals surface area contributed by atoms with Crippen molar-refractivity contribution < 1.29 is 9.52 Å². The maximum Gasteiger partial charge on any atom is 0.269 e. The fraction of sp³-hybridized carbons (Fsp3) is 0.300. The number of hydrogen-bond acceptors (Lipinski definition) is 3. The van der Waals surface area contributed by atoms with E-state index < -0.39 is 4.92 Å². The first-order valence-electron chi connectivity index (χ1n) is 4.50. The zero-order valence-corrected chi connectivity index (χ0v) is 9.04. The standard InChI is InChI=1S/C10H14N3O2/c1-13(2,3)11-8-9-4-6-10(7-5-9)12(14)15/h4-8H,1-3H3/q+1/b11-8+. The Balaban J connectivity index is 2.82. The summed E-state index contributed by atoms with van der Waals surface area (Å²) in [5.41, 5.74) is 0.950. The Morgan fingerprint density at radius 1 is 1.27 bits per heavy atom. The van der Waals surface area contributed by atoms with Gasteiger partial charge in [-0.15, -0.1) is 0 Å². The first-order valence-corrected chi connectivity index (χ1v) is 4.50. The molecule has 5 nitrogen and oxygen atoms in total. The summed E-state index contributed by atoms with van der Waals surface area (Å²) in [7, 11) is 5.80. The number of non-ortho nitro benzene ring substituents is 1. The van der Waals surface area contributed by atoms with Crippen molar-refractivity contribution in [3.05, 3.63) is 39.9 Å². The summed E-state index contributed by atoms with van der Waals surface area (Å²) < 4.78 is 0.469. The van der Waals surface area contributed by atoms with Crippen molar-refractivity contribution in [2.24, 2.45) is 5.10 Å². The fourth-order valence-electron chi connectivity index (χ4n) is 0.922. The number of quaternary nitrogens is 1. The lowest BCUT2D eigenvalue weighted by Crippen LogP contribution is -2.27. The van der Waals surface area contributed by atoms with Gasteiger partial charge in [0.15, 0.2) is 0 Å². The molecule has 1 aromatic rings. The second-order valence-electron chi connectivity index (χ2n) is 4.03. The molecule has 1 rings (SSSR count). The van der Waals surface area contributed by atoms with E-state index in [0.29, 0.717) is 4.59 Å². The van der Waals surface area contributed by atoms with Crippen molar-refractivity contribution in [3.8, 4) is 0 Å².